The first-order chi connectivity index (χ1) is 7.78. The van der Waals surface area contributed by atoms with Crippen LogP contribution in [-0.4, -0.2) is 19.7 Å². The van der Waals surface area contributed by atoms with Crippen LogP contribution in [0.2, 0.25) is 0 Å². The zero-order chi connectivity index (χ0) is 11.4. The minimum absolute atomic E-state index is 0.703. The molecule has 88 valence electrons. The van der Waals surface area contributed by atoms with Gasteiger partial charge in [0.1, 0.15) is 5.75 Å². The molecule has 1 fully saturated rings. The molecule has 0 amide bonds. The van der Waals surface area contributed by atoms with Crippen molar-refractivity contribution < 1.29 is 4.74 Å². The van der Waals surface area contributed by atoms with E-state index in [-0.39, 0.29) is 0 Å². The van der Waals surface area contributed by atoms with Gasteiger partial charge >= 0.3 is 0 Å². The summed E-state index contributed by atoms with van der Waals surface area (Å²) in [5.74, 6) is 1.64. The standard InChI is InChI=1S/C14H21NO/c1-11(10-15-13-5-6-13)9-12-3-7-14(16-2)8-4-12/h3-4,7-8,11,13,15H,5-6,9-10H2,1-2H3. The molecule has 16 heavy (non-hydrogen) atoms. The smallest absolute Gasteiger partial charge is 0.118 e. The third-order valence-electron chi connectivity index (χ3n) is 3.08. The van der Waals surface area contributed by atoms with Gasteiger partial charge in [-0.3, -0.25) is 0 Å². The zero-order valence-electron chi connectivity index (χ0n) is 10.2. The van der Waals surface area contributed by atoms with Gasteiger partial charge < -0.3 is 10.1 Å². The van der Waals surface area contributed by atoms with E-state index in [2.05, 4.69) is 24.4 Å². The van der Waals surface area contributed by atoms with Crippen LogP contribution in [0, 0.1) is 5.92 Å². The van der Waals surface area contributed by atoms with Crippen LogP contribution in [0.15, 0.2) is 24.3 Å². The van der Waals surface area contributed by atoms with Crippen LogP contribution in [0.1, 0.15) is 25.3 Å². The van der Waals surface area contributed by atoms with Crippen LogP contribution in [0.3, 0.4) is 0 Å². The fourth-order valence-corrected chi connectivity index (χ4v) is 1.89. The molecule has 1 aromatic carbocycles. The van der Waals surface area contributed by atoms with E-state index in [9.17, 15) is 0 Å². The second kappa shape index (κ2) is 5.35. The molecule has 0 saturated heterocycles. The summed E-state index contributed by atoms with van der Waals surface area (Å²) < 4.78 is 5.15. The number of ether oxygens (including phenoxy) is 1. The average molecular weight is 219 g/mol. The van der Waals surface area contributed by atoms with Crippen LogP contribution in [0.25, 0.3) is 0 Å². The first-order valence-corrected chi connectivity index (χ1v) is 6.14. The van der Waals surface area contributed by atoms with Crippen LogP contribution in [0.4, 0.5) is 0 Å². The van der Waals surface area contributed by atoms with E-state index in [4.69, 9.17) is 4.74 Å². The fourth-order valence-electron chi connectivity index (χ4n) is 1.89. The molecule has 1 N–H and O–H groups in total. The van der Waals surface area contributed by atoms with E-state index in [1.54, 1.807) is 7.11 Å². The fraction of sp³-hybridized carbons (Fsp3) is 0.571. The maximum absolute atomic E-state index is 5.15. The summed E-state index contributed by atoms with van der Waals surface area (Å²) in [5.41, 5.74) is 1.39. The van der Waals surface area contributed by atoms with Gasteiger partial charge in [-0.25, -0.2) is 0 Å². The number of hydrogen-bond donors (Lipinski definition) is 1. The SMILES string of the molecule is COc1ccc(CC(C)CNC2CC2)cc1. The molecule has 2 heteroatoms. The average Bonchev–Trinajstić information content (AvgIpc) is 3.11. The monoisotopic (exact) mass is 219 g/mol. The highest BCUT2D eigenvalue weighted by Crippen LogP contribution is 2.19. The van der Waals surface area contributed by atoms with Crippen molar-refractivity contribution in [2.45, 2.75) is 32.2 Å². The molecule has 1 atom stereocenters. The van der Waals surface area contributed by atoms with Crippen molar-refractivity contribution in [1.29, 1.82) is 0 Å². The molecule has 0 spiro atoms. The van der Waals surface area contributed by atoms with Crippen LogP contribution < -0.4 is 10.1 Å². The predicted octanol–water partition coefficient (Wildman–Crippen LogP) is 2.63. The lowest BCUT2D eigenvalue weighted by Crippen LogP contribution is -2.24. The summed E-state index contributed by atoms with van der Waals surface area (Å²) >= 11 is 0. The second-order valence-electron chi connectivity index (χ2n) is 4.84. The Morgan fingerprint density at radius 1 is 1.31 bits per heavy atom. The predicted molar refractivity (Wildman–Crippen MR) is 66.9 cm³/mol. The van der Waals surface area contributed by atoms with Gasteiger partial charge in [-0.05, 0) is 49.4 Å². The number of rotatable bonds is 6. The highest BCUT2D eigenvalue weighted by atomic mass is 16.5. The Kier molecular flexibility index (Phi) is 3.83. The van der Waals surface area contributed by atoms with Crippen molar-refractivity contribution in [1.82, 2.24) is 5.32 Å². The lowest BCUT2D eigenvalue weighted by atomic mass is 10.0. The quantitative estimate of drug-likeness (QED) is 0.794. The molecule has 1 saturated carbocycles. The van der Waals surface area contributed by atoms with Crippen LogP contribution in [-0.2, 0) is 6.42 Å². The van der Waals surface area contributed by atoms with Gasteiger partial charge in [-0.1, -0.05) is 19.1 Å². The Balaban J connectivity index is 1.77. The topological polar surface area (TPSA) is 21.3 Å². The molecule has 2 nitrogen and oxygen atoms in total. The summed E-state index contributed by atoms with van der Waals surface area (Å²) in [5, 5.41) is 3.57. The van der Waals surface area contributed by atoms with Crippen molar-refractivity contribution >= 4 is 0 Å². The number of nitrogens with one attached hydrogen (secondary N) is 1. The highest BCUT2D eigenvalue weighted by Gasteiger charge is 2.20. The van der Waals surface area contributed by atoms with Gasteiger partial charge in [0.25, 0.3) is 0 Å². The van der Waals surface area contributed by atoms with Gasteiger partial charge in [0.05, 0.1) is 7.11 Å². The molecular formula is C14H21NO. The Bertz CT molecular complexity index is 316. The first-order valence-electron chi connectivity index (χ1n) is 6.14. The Morgan fingerprint density at radius 3 is 2.56 bits per heavy atom. The lowest BCUT2D eigenvalue weighted by molar-refractivity contribution is 0.414. The summed E-state index contributed by atoms with van der Waals surface area (Å²) in [6, 6.07) is 9.21. The molecule has 0 radical (unpaired) electrons. The van der Waals surface area contributed by atoms with E-state index in [0.29, 0.717) is 5.92 Å². The first kappa shape index (κ1) is 11.5. The van der Waals surface area contributed by atoms with E-state index in [1.807, 2.05) is 12.1 Å². The Hall–Kier alpha value is -1.02. The highest BCUT2D eigenvalue weighted by molar-refractivity contribution is 5.27. The van der Waals surface area contributed by atoms with Crippen molar-refractivity contribution in [2.75, 3.05) is 13.7 Å². The lowest BCUT2D eigenvalue weighted by Gasteiger charge is -2.12. The van der Waals surface area contributed by atoms with E-state index >= 15 is 0 Å². The molecule has 1 aromatic rings. The van der Waals surface area contributed by atoms with E-state index in [1.165, 1.54) is 18.4 Å². The normalized spacial score (nSPS) is 17.1. The molecule has 1 aliphatic carbocycles. The van der Waals surface area contributed by atoms with Crippen molar-refractivity contribution in [3.8, 4) is 5.75 Å². The minimum Gasteiger partial charge on any atom is -0.497 e. The summed E-state index contributed by atoms with van der Waals surface area (Å²) in [7, 11) is 1.71. The Labute approximate surface area is 98.0 Å². The second-order valence-corrected chi connectivity index (χ2v) is 4.84. The van der Waals surface area contributed by atoms with Crippen molar-refractivity contribution in [3.05, 3.63) is 29.8 Å². The summed E-state index contributed by atoms with van der Waals surface area (Å²) in [6.45, 7) is 3.44. The third-order valence-corrected chi connectivity index (χ3v) is 3.08. The van der Waals surface area contributed by atoms with Crippen molar-refractivity contribution in [3.63, 3.8) is 0 Å². The van der Waals surface area contributed by atoms with Gasteiger partial charge in [0.2, 0.25) is 0 Å². The van der Waals surface area contributed by atoms with Gasteiger partial charge in [-0.15, -0.1) is 0 Å². The molecule has 0 aliphatic heterocycles. The molecule has 0 bridgehead atoms. The Morgan fingerprint density at radius 2 is 2.00 bits per heavy atom. The van der Waals surface area contributed by atoms with E-state index < -0.39 is 0 Å². The molecule has 1 unspecified atom stereocenters. The maximum Gasteiger partial charge on any atom is 0.118 e. The molecule has 0 aromatic heterocycles. The van der Waals surface area contributed by atoms with E-state index in [0.717, 1.165) is 24.8 Å². The number of benzene rings is 1. The van der Waals surface area contributed by atoms with Gasteiger partial charge in [0.15, 0.2) is 0 Å². The minimum atomic E-state index is 0.703. The number of hydrogen-bond acceptors (Lipinski definition) is 2. The maximum atomic E-state index is 5.15. The summed E-state index contributed by atoms with van der Waals surface area (Å²) in [6.07, 6.45) is 3.88. The number of methoxy groups -OCH3 is 1. The molecule has 0 heterocycles. The third kappa shape index (κ3) is 3.53. The zero-order valence-corrected chi connectivity index (χ0v) is 10.2. The van der Waals surface area contributed by atoms with Crippen LogP contribution >= 0.6 is 0 Å². The molecular weight excluding hydrogens is 198 g/mol. The van der Waals surface area contributed by atoms with Gasteiger partial charge in [-0.2, -0.15) is 0 Å². The summed E-state index contributed by atoms with van der Waals surface area (Å²) in [4.78, 5) is 0. The van der Waals surface area contributed by atoms with Crippen molar-refractivity contribution in [2.24, 2.45) is 5.92 Å². The molecule has 2 rings (SSSR count). The largest absolute Gasteiger partial charge is 0.497 e. The molecule has 1 aliphatic rings. The van der Waals surface area contributed by atoms with Crippen LogP contribution in [0.5, 0.6) is 5.75 Å². The van der Waals surface area contributed by atoms with Gasteiger partial charge in [0, 0.05) is 6.04 Å².